The van der Waals surface area contributed by atoms with Crippen molar-refractivity contribution >= 4 is 0 Å². The molecule has 0 bridgehead atoms. The van der Waals surface area contributed by atoms with Crippen molar-refractivity contribution in [1.29, 1.82) is 0 Å². The van der Waals surface area contributed by atoms with Crippen LogP contribution in [-0.2, 0) is 6.54 Å². The number of hydrogen-bond acceptors (Lipinski definition) is 2. The maximum atomic E-state index is 3.62. The lowest BCUT2D eigenvalue weighted by atomic mass is 10.1. The summed E-state index contributed by atoms with van der Waals surface area (Å²) < 4.78 is 0. The molecule has 100 valence electrons. The van der Waals surface area contributed by atoms with Gasteiger partial charge in [-0.15, -0.1) is 0 Å². The number of rotatable bonds is 8. The molecule has 2 heteroatoms. The lowest BCUT2D eigenvalue weighted by molar-refractivity contribution is 0.237. The van der Waals surface area contributed by atoms with Crippen LogP contribution in [0.2, 0.25) is 0 Å². The average Bonchev–Trinajstić information content (AvgIpc) is 3.21. The van der Waals surface area contributed by atoms with Gasteiger partial charge < -0.3 is 5.32 Å². The first-order valence-corrected chi connectivity index (χ1v) is 7.27. The summed E-state index contributed by atoms with van der Waals surface area (Å²) in [5.74, 6) is 0.731. The lowest BCUT2D eigenvalue weighted by Crippen LogP contribution is -2.33. The Hall–Kier alpha value is -0.860. The van der Waals surface area contributed by atoms with E-state index in [2.05, 4.69) is 54.4 Å². The first kappa shape index (κ1) is 13.6. The molecular weight excluding hydrogens is 220 g/mol. The molecule has 1 atom stereocenters. The molecular formula is C16H26N2. The fourth-order valence-corrected chi connectivity index (χ4v) is 2.31. The molecule has 0 heterocycles. The fourth-order valence-electron chi connectivity index (χ4n) is 2.31. The molecule has 0 saturated heterocycles. The third kappa shape index (κ3) is 4.79. The first-order chi connectivity index (χ1) is 8.78. The molecule has 2 nitrogen and oxygen atoms in total. The van der Waals surface area contributed by atoms with Gasteiger partial charge in [0.2, 0.25) is 0 Å². The van der Waals surface area contributed by atoms with E-state index in [-0.39, 0.29) is 0 Å². The summed E-state index contributed by atoms with van der Waals surface area (Å²) in [5.41, 5.74) is 1.42. The van der Waals surface area contributed by atoms with E-state index in [0.29, 0.717) is 0 Å². The van der Waals surface area contributed by atoms with Crippen molar-refractivity contribution < 1.29 is 0 Å². The van der Waals surface area contributed by atoms with Gasteiger partial charge in [-0.05, 0) is 37.4 Å². The Bertz CT molecular complexity index is 332. The molecule has 1 aromatic rings. The topological polar surface area (TPSA) is 15.3 Å². The van der Waals surface area contributed by atoms with E-state index in [0.717, 1.165) is 31.6 Å². The molecule has 18 heavy (non-hydrogen) atoms. The SMILES string of the molecule is CCN(Cc1ccccc1)CC(C)CNC1CC1. The smallest absolute Gasteiger partial charge is 0.0233 e. The van der Waals surface area contributed by atoms with Gasteiger partial charge in [0, 0.05) is 19.1 Å². The van der Waals surface area contributed by atoms with E-state index in [4.69, 9.17) is 0 Å². The largest absolute Gasteiger partial charge is 0.314 e. The molecule has 2 rings (SSSR count). The molecule has 1 unspecified atom stereocenters. The zero-order valence-corrected chi connectivity index (χ0v) is 11.7. The predicted molar refractivity (Wildman–Crippen MR) is 77.6 cm³/mol. The van der Waals surface area contributed by atoms with Crippen LogP contribution in [0.4, 0.5) is 0 Å². The van der Waals surface area contributed by atoms with Gasteiger partial charge in [-0.3, -0.25) is 4.90 Å². The third-order valence-corrected chi connectivity index (χ3v) is 3.60. The minimum absolute atomic E-state index is 0.731. The normalized spacial score (nSPS) is 17.1. The second-order valence-electron chi connectivity index (χ2n) is 5.60. The van der Waals surface area contributed by atoms with Crippen LogP contribution in [-0.4, -0.2) is 30.6 Å². The van der Waals surface area contributed by atoms with Gasteiger partial charge in [0.1, 0.15) is 0 Å². The summed E-state index contributed by atoms with van der Waals surface area (Å²) in [6, 6.07) is 11.6. The zero-order chi connectivity index (χ0) is 12.8. The van der Waals surface area contributed by atoms with E-state index in [1.165, 1.54) is 24.9 Å². The van der Waals surface area contributed by atoms with Crippen molar-refractivity contribution in [3.05, 3.63) is 35.9 Å². The molecule has 1 fully saturated rings. The molecule has 0 amide bonds. The van der Waals surface area contributed by atoms with Crippen LogP contribution in [0.3, 0.4) is 0 Å². The van der Waals surface area contributed by atoms with E-state index in [9.17, 15) is 0 Å². The summed E-state index contributed by atoms with van der Waals surface area (Å²) in [6.07, 6.45) is 2.77. The fraction of sp³-hybridized carbons (Fsp3) is 0.625. The van der Waals surface area contributed by atoms with E-state index >= 15 is 0 Å². The Morgan fingerprint density at radius 3 is 2.61 bits per heavy atom. The van der Waals surface area contributed by atoms with Gasteiger partial charge in [0.15, 0.2) is 0 Å². The summed E-state index contributed by atoms with van der Waals surface area (Å²) in [6.45, 7) is 9.15. The number of nitrogens with one attached hydrogen (secondary N) is 1. The monoisotopic (exact) mass is 246 g/mol. The Labute approximate surface area is 111 Å². The number of benzene rings is 1. The van der Waals surface area contributed by atoms with Crippen LogP contribution in [0.25, 0.3) is 0 Å². The van der Waals surface area contributed by atoms with E-state index in [1.807, 2.05) is 0 Å². The van der Waals surface area contributed by atoms with Gasteiger partial charge in [-0.1, -0.05) is 44.2 Å². The Morgan fingerprint density at radius 1 is 1.28 bits per heavy atom. The Balaban J connectivity index is 1.73. The molecule has 0 spiro atoms. The highest BCUT2D eigenvalue weighted by molar-refractivity contribution is 5.14. The van der Waals surface area contributed by atoms with Crippen LogP contribution < -0.4 is 5.32 Å². The molecule has 1 aliphatic carbocycles. The molecule has 0 aromatic heterocycles. The van der Waals surface area contributed by atoms with Crippen molar-refractivity contribution in [2.24, 2.45) is 5.92 Å². The lowest BCUT2D eigenvalue weighted by Gasteiger charge is -2.24. The zero-order valence-electron chi connectivity index (χ0n) is 11.7. The quantitative estimate of drug-likeness (QED) is 0.759. The van der Waals surface area contributed by atoms with Gasteiger partial charge in [-0.25, -0.2) is 0 Å². The van der Waals surface area contributed by atoms with Crippen molar-refractivity contribution in [2.45, 2.75) is 39.3 Å². The van der Waals surface area contributed by atoms with Crippen LogP contribution in [0, 0.1) is 5.92 Å². The predicted octanol–water partition coefficient (Wildman–Crippen LogP) is 2.90. The van der Waals surface area contributed by atoms with Crippen LogP contribution in [0.5, 0.6) is 0 Å². The molecule has 1 aromatic carbocycles. The minimum Gasteiger partial charge on any atom is -0.314 e. The second kappa shape index (κ2) is 6.91. The third-order valence-electron chi connectivity index (χ3n) is 3.60. The summed E-state index contributed by atoms with van der Waals surface area (Å²) in [5, 5.41) is 3.62. The van der Waals surface area contributed by atoms with Crippen LogP contribution >= 0.6 is 0 Å². The molecule has 0 radical (unpaired) electrons. The summed E-state index contributed by atoms with van der Waals surface area (Å²) in [4.78, 5) is 2.54. The number of hydrogen-bond donors (Lipinski definition) is 1. The van der Waals surface area contributed by atoms with Gasteiger partial charge in [0.05, 0.1) is 0 Å². The van der Waals surface area contributed by atoms with Crippen molar-refractivity contribution in [3.8, 4) is 0 Å². The summed E-state index contributed by atoms with van der Waals surface area (Å²) >= 11 is 0. The van der Waals surface area contributed by atoms with Crippen LogP contribution in [0.15, 0.2) is 30.3 Å². The van der Waals surface area contributed by atoms with Gasteiger partial charge >= 0.3 is 0 Å². The van der Waals surface area contributed by atoms with Crippen molar-refractivity contribution in [2.75, 3.05) is 19.6 Å². The van der Waals surface area contributed by atoms with Crippen molar-refractivity contribution in [3.63, 3.8) is 0 Å². The molecule has 1 saturated carbocycles. The van der Waals surface area contributed by atoms with E-state index in [1.54, 1.807) is 0 Å². The maximum absolute atomic E-state index is 3.62. The first-order valence-electron chi connectivity index (χ1n) is 7.27. The maximum Gasteiger partial charge on any atom is 0.0233 e. The molecule has 1 aliphatic rings. The van der Waals surface area contributed by atoms with E-state index < -0.39 is 0 Å². The second-order valence-corrected chi connectivity index (χ2v) is 5.60. The highest BCUT2D eigenvalue weighted by Gasteiger charge is 2.21. The highest BCUT2D eigenvalue weighted by Crippen LogP contribution is 2.19. The highest BCUT2D eigenvalue weighted by atomic mass is 15.1. The Kier molecular flexibility index (Phi) is 5.21. The van der Waals surface area contributed by atoms with Gasteiger partial charge in [0.25, 0.3) is 0 Å². The van der Waals surface area contributed by atoms with Gasteiger partial charge in [-0.2, -0.15) is 0 Å². The molecule has 1 N–H and O–H groups in total. The van der Waals surface area contributed by atoms with Crippen molar-refractivity contribution in [1.82, 2.24) is 10.2 Å². The van der Waals surface area contributed by atoms with Crippen LogP contribution in [0.1, 0.15) is 32.3 Å². The number of nitrogens with zero attached hydrogens (tertiary/aromatic N) is 1. The standard InChI is InChI=1S/C16H26N2/c1-3-18(13-15-7-5-4-6-8-15)12-14(2)11-17-16-9-10-16/h4-8,14,16-17H,3,9-13H2,1-2H3. The summed E-state index contributed by atoms with van der Waals surface area (Å²) in [7, 11) is 0. The Morgan fingerprint density at radius 2 is 2.00 bits per heavy atom. The minimum atomic E-state index is 0.731. The molecule has 0 aliphatic heterocycles. The average molecular weight is 246 g/mol.